The van der Waals surface area contributed by atoms with Gasteiger partial charge >= 0.3 is 13.2 Å². The molecule has 3 saturated heterocycles. The number of piperazine rings is 2. The van der Waals surface area contributed by atoms with Crippen LogP contribution in [0.3, 0.4) is 0 Å². The van der Waals surface area contributed by atoms with Crippen LogP contribution >= 0.6 is 0 Å². The van der Waals surface area contributed by atoms with Gasteiger partial charge in [-0.15, -0.1) is 0 Å². The maximum atomic E-state index is 12.6. The van der Waals surface area contributed by atoms with Crippen molar-refractivity contribution in [2.24, 2.45) is 0 Å². The molecule has 0 saturated carbocycles. The molecule has 0 unspecified atom stereocenters. The summed E-state index contributed by atoms with van der Waals surface area (Å²) in [6.07, 6.45) is -0.219. The summed E-state index contributed by atoms with van der Waals surface area (Å²) < 4.78 is 18.8. The molecule has 1 aromatic rings. The molecule has 3 aliphatic rings. The summed E-state index contributed by atoms with van der Waals surface area (Å²) in [5.74, 6) is 0. The van der Waals surface area contributed by atoms with Gasteiger partial charge in [-0.1, -0.05) is 0 Å². The molecule has 0 aromatic heterocycles. The standard InChI is InChI=1S/C29H49BN4O4/c1-20-23(19-32-15-17-34(18-16-32)26(35)36-27(4,5)6)21(2)25(33-13-11-31-12-14-33)22(3)24(20)30-37-28(7,8)29(9,10)38-30/h31H,11-19H2,1-10H3. The average molecular weight is 529 g/mol. The summed E-state index contributed by atoms with van der Waals surface area (Å²) in [5, 5.41) is 3.49. The summed E-state index contributed by atoms with van der Waals surface area (Å²) in [7, 11) is -0.398. The Kier molecular flexibility index (Phi) is 8.17. The van der Waals surface area contributed by atoms with Gasteiger partial charge in [-0.05, 0) is 97.0 Å². The van der Waals surface area contributed by atoms with Crippen LogP contribution in [0.1, 0.15) is 70.7 Å². The number of nitrogens with one attached hydrogen (secondary N) is 1. The molecule has 1 amide bonds. The van der Waals surface area contributed by atoms with Crippen LogP contribution in [0.2, 0.25) is 0 Å². The van der Waals surface area contributed by atoms with Crippen LogP contribution < -0.4 is 15.7 Å². The largest absolute Gasteiger partial charge is 0.495 e. The lowest BCUT2D eigenvalue weighted by molar-refractivity contribution is 0.00578. The van der Waals surface area contributed by atoms with Gasteiger partial charge in [0.2, 0.25) is 0 Å². The average Bonchev–Trinajstić information content (AvgIpc) is 3.03. The zero-order valence-corrected chi connectivity index (χ0v) is 25.4. The van der Waals surface area contributed by atoms with Gasteiger partial charge in [0.1, 0.15) is 5.60 Å². The molecular weight excluding hydrogens is 479 g/mol. The Labute approximate surface area is 230 Å². The monoisotopic (exact) mass is 528 g/mol. The minimum Gasteiger partial charge on any atom is -0.444 e. The van der Waals surface area contributed by atoms with Gasteiger partial charge in [-0.3, -0.25) is 4.90 Å². The molecule has 1 aromatic carbocycles. The number of nitrogens with zero attached hydrogens (tertiary/aromatic N) is 3. The minimum absolute atomic E-state index is 0.219. The topological polar surface area (TPSA) is 66.5 Å². The van der Waals surface area contributed by atoms with Crippen LogP contribution in [-0.2, 0) is 20.6 Å². The van der Waals surface area contributed by atoms with E-state index in [9.17, 15) is 4.79 Å². The quantitative estimate of drug-likeness (QED) is 0.602. The van der Waals surface area contributed by atoms with E-state index in [1.54, 1.807) is 0 Å². The molecule has 3 heterocycles. The number of hydrogen-bond acceptors (Lipinski definition) is 7. The van der Waals surface area contributed by atoms with Crippen LogP contribution in [0, 0.1) is 20.8 Å². The number of carbonyl (C=O) groups is 1. The molecule has 1 N–H and O–H groups in total. The fourth-order valence-electron chi connectivity index (χ4n) is 5.83. The van der Waals surface area contributed by atoms with Gasteiger partial charge < -0.3 is 29.2 Å². The van der Waals surface area contributed by atoms with Gasteiger partial charge in [-0.25, -0.2) is 4.79 Å². The van der Waals surface area contributed by atoms with Crippen molar-refractivity contribution in [2.75, 3.05) is 57.3 Å². The van der Waals surface area contributed by atoms with Crippen molar-refractivity contribution in [1.82, 2.24) is 15.1 Å². The molecule has 38 heavy (non-hydrogen) atoms. The lowest BCUT2D eigenvalue weighted by Crippen LogP contribution is -2.50. The molecule has 0 bridgehead atoms. The molecule has 4 rings (SSSR count). The Bertz CT molecular complexity index is 1020. The van der Waals surface area contributed by atoms with Gasteiger partial charge in [0.05, 0.1) is 11.2 Å². The molecule has 9 heteroatoms. The van der Waals surface area contributed by atoms with Crippen LogP contribution in [0.15, 0.2) is 0 Å². The fourth-order valence-corrected chi connectivity index (χ4v) is 5.83. The van der Waals surface area contributed by atoms with E-state index >= 15 is 0 Å². The van der Waals surface area contributed by atoms with E-state index < -0.39 is 23.9 Å². The molecule has 3 aliphatic heterocycles. The maximum Gasteiger partial charge on any atom is 0.495 e. The Hall–Kier alpha value is -1.81. The summed E-state index contributed by atoms with van der Waals surface area (Å²) >= 11 is 0. The van der Waals surface area contributed by atoms with Crippen molar-refractivity contribution in [3.05, 3.63) is 22.3 Å². The third-order valence-electron chi connectivity index (χ3n) is 8.75. The second kappa shape index (κ2) is 10.6. The number of hydrogen-bond donors (Lipinski definition) is 1. The zero-order chi connectivity index (χ0) is 28.0. The van der Waals surface area contributed by atoms with E-state index in [1.165, 1.54) is 33.4 Å². The van der Waals surface area contributed by atoms with Gasteiger partial charge in [-0.2, -0.15) is 0 Å². The highest BCUT2D eigenvalue weighted by atomic mass is 16.7. The molecule has 0 spiro atoms. The van der Waals surface area contributed by atoms with Crippen LogP contribution in [0.4, 0.5) is 10.5 Å². The highest BCUT2D eigenvalue weighted by molar-refractivity contribution is 6.63. The molecule has 0 aliphatic carbocycles. The second-order valence-electron chi connectivity index (χ2n) is 13.2. The number of rotatable bonds is 4. The summed E-state index contributed by atoms with van der Waals surface area (Å²) in [4.78, 5) is 19.4. The van der Waals surface area contributed by atoms with Gasteiger partial charge in [0, 0.05) is 64.6 Å². The second-order valence-corrected chi connectivity index (χ2v) is 13.2. The normalized spacial score (nSPS) is 22.2. The van der Waals surface area contributed by atoms with E-state index in [1.807, 2.05) is 25.7 Å². The molecule has 3 fully saturated rings. The van der Waals surface area contributed by atoms with Crippen LogP contribution in [0.5, 0.6) is 0 Å². The van der Waals surface area contributed by atoms with E-state index in [-0.39, 0.29) is 6.09 Å². The zero-order valence-electron chi connectivity index (χ0n) is 25.4. The minimum atomic E-state index is -0.478. The summed E-state index contributed by atoms with van der Waals surface area (Å²) in [6, 6.07) is 0. The van der Waals surface area contributed by atoms with Crippen molar-refractivity contribution in [1.29, 1.82) is 0 Å². The van der Waals surface area contributed by atoms with Crippen molar-refractivity contribution in [3.8, 4) is 0 Å². The van der Waals surface area contributed by atoms with E-state index in [0.717, 1.165) is 45.8 Å². The Morgan fingerprint density at radius 3 is 1.97 bits per heavy atom. The first kappa shape index (κ1) is 29.2. The third-order valence-corrected chi connectivity index (χ3v) is 8.75. The molecular formula is C29H49BN4O4. The van der Waals surface area contributed by atoms with Crippen molar-refractivity contribution in [2.45, 2.75) is 92.6 Å². The number of benzene rings is 1. The Balaban J connectivity index is 1.63. The van der Waals surface area contributed by atoms with Crippen molar-refractivity contribution >= 4 is 24.4 Å². The highest BCUT2D eigenvalue weighted by Crippen LogP contribution is 2.39. The van der Waals surface area contributed by atoms with Crippen molar-refractivity contribution < 1.29 is 18.8 Å². The van der Waals surface area contributed by atoms with Gasteiger partial charge in [0.15, 0.2) is 0 Å². The summed E-state index contributed by atoms with van der Waals surface area (Å²) in [6.45, 7) is 28.7. The number of anilines is 1. The smallest absolute Gasteiger partial charge is 0.444 e. The third kappa shape index (κ3) is 5.86. The van der Waals surface area contributed by atoms with E-state index in [2.05, 4.69) is 63.6 Å². The molecule has 0 radical (unpaired) electrons. The number of carbonyl (C=O) groups excluding carboxylic acids is 1. The van der Waals surface area contributed by atoms with Gasteiger partial charge in [0.25, 0.3) is 0 Å². The predicted molar refractivity (Wildman–Crippen MR) is 155 cm³/mol. The molecule has 0 atom stereocenters. The first-order chi connectivity index (χ1) is 17.6. The van der Waals surface area contributed by atoms with Crippen molar-refractivity contribution in [3.63, 3.8) is 0 Å². The number of ether oxygens (including phenoxy) is 1. The summed E-state index contributed by atoms with van der Waals surface area (Å²) in [5.41, 5.74) is 6.44. The first-order valence-corrected chi connectivity index (χ1v) is 14.3. The predicted octanol–water partition coefficient (Wildman–Crippen LogP) is 3.37. The fraction of sp³-hybridized carbons (Fsp3) is 0.759. The number of amides is 1. The van der Waals surface area contributed by atoms with E-state index in [0.29, 0.717) is 13.1 Å². The van der Waals surface area contributed by atoms with Crippen LogP contribution in [-0.4, -0.2) is 92.2 Å². The molecule has 8 nitrogen and oxygen atoms in total. The lowest BCUT2D eigenvalue weighted by atomic mass is 9.70. The lowest BCUT2D eigenvalue weighted by Gasteiger charge is -2.38. The maximum absolute atomic E-state index is 12.6. The Morgan fingerprint density at radius 2 is 1.45 bits per heavy atom. The SMILES string of the molecule is Cc1c(CN2CCN(C(=O)OC(C)(C)C)CC2)c(C)c(N2CCNCC2)c(C)c1B1OC(C)(C)C(C)(C)O1. The van der Waals surface area contributed by atoms with Crippen LogP contribution in [0.25, 0.3) is 0 Å². The van der Waals surface area contributed by atoms with E-state index in [4.69, 9.17) is 14.0 Å². The highest BCUT2D eigenvalue weighted by Gasteiger charge is 2.53. The Morgan fingerprint density at radius 1 is 0.895 bits per heavy atom. The first-order valence-electron chi connectivity index (χ1n) is 14.3. The molecule has 212 valence electrons.